The summed E-state index contributed by atoms with van der Waals surface area (Å²) in [6.45, 7) is 9.55. The monoisotopic (exact) mass is 239 g/mol. The van der Waals surface area contributed by atoms with Gasteiger partial charge >= 0.3 is 0 Å². The van der Waals surface area contributed by atoms with E-state index in [4.69, 9.17) is 5.73 Å². The third-order valence-electron chi connectivity index (χ3n) is 4.81. The number of piperazine rings is 1. The van der Waals surface area contributed by atoms with E-state index in [1.54, 1.807) is 0 Å². The van der Waals surface area contributed by atoms with Crippen LogP contribution in [-0.4, -0.2) is 54.1 Å². The maximum atomic E-state index is 6.28. The predicted molar refractivity (Wildman–Crippen MR) is 73.1 cm³/mol. The first-order valence-corrected chi connectivity index (χ1v) is 7.46. The Morgan fingerprint density at radius 1 is 1.12 bits per heavy atom. The van der Waals surface area contributed by atoms with E-state index >= 15 is 0 Å². The quantitative estimate of drug-likeness (QED) is 0.813. The Labute approximate surface area is 106 Å². The predicted octanol–water partition coefficient (Wildman–Crippen LogP) is 1.67. The molecule has 17 heavy (non-hydrogen) atoms. The van der Waals surface area contributed by atoms with E-state index in [0.717, 1.165) is 6.04 Å². The standard InChI is InChI=1S/C14H29N3/c1-3-12(2)16-8-10-17(11-9-16)14-7-5-4-6-13(14)15/h12-14H,3-11,15H2,1-2H3/t12?,13-,14?/m0/s1. The van der Waals surface area contributed by atoms with Crippen molar-refractivity contribution in [2.75, 3.05) is 26.2 Å². The molecule has 0 aromatic carbocycles. The van der Waals surface area contributed by atoms with Crippen LogP contribution >= 0.6 is 0 Å². The van der Waals surface area contributed by atoms with Crippen LogP contribution in [0.2, 0.25) is 0 Å². The van der Waals surface area contributed by atoms with Crippen LogP contribution in [-0.2, 0) is 0 Å². The second-order valence-corrected chi connectivity index (χ2v) is 5.84. The Balaban J connectivity index is 1.81. The minimum absolute atomic E-state index is 0.430. The van der Waals surface area contributed by atoms with Gasteiger partial charge in [-0.05, 0) is 26.2 Å². The van der Waals surface area contributed by atoms with Gasteiger partial charge in [0, 0.05) is 44.3 Å². The van der Waals surface area contributed by atoms with E-state index in [0.29, 0.717) is 12.1 Å². The Morgan fingerprint density at radius 2 is 1.76 bits per heavy atom. The normalized spacial score (nSPS) is 34.8. The van der Waals surface area contributed by atoms with Crippen molar-refractivity contribution < 1.29 is 0 Å². The summed E-state index contributed by atoms with van der Waals surface area (Å²) in [6.07, 6.45) is 6.54. The van der Waals surface area contributed by atoms with Crippen molar-refractivity contribution >= 4 is 0 Å². The molecule has 0 bridgehead atoms. The molecule has 0 radical (unpaired) electrons. The van der Waals surface area contributed by atoms with E-state index < -0.39 is 0 Å². The fourth-order valence-corrected chi connectivity index (χ4v) is 3.36. The highest BCUT2D eigenvalue weighted by Crippen LogP contribution is 2.23. The first-order chi connectivity index (χ1) is 8.22. The van der Waals surface area contributed by atoms with Crippen LogP contribution in [0.15, 0.2) is 0 Å². The molecule has 2 unspecified atom stereocenters. The van der Waals surface area contributed by atoms with Gasteiger partial charge in [-0.25, -0.2) is 0 Å². The average molecular weight is 239 g/mol. The van der Waals surface area contributed by atoms with Gasteiger partial charge < -0.3 is 5.73 Å². The summed E-state index contributed by atoms with van der Waals surface area (Å²) >= 11 is 0. The smallest absolute Gasteiger partial charge is 0.0248 e. The molecule has 1 aliphatic heterocycles. The fourth-order valence-electron chi connectivity index (χ4n) is 3.36. The third-order valence-corrected chi connectivity index (χ3v) is 4.81. The number of nitrogens with two attached hydrogens (primary N) is 1. The molecule has 100 valence electrons. The van der Waals surface area contributed by atoms with Crippen LogP contribution in [0.3, 0.4) is 0 Å². The van der Waals surface area contributed by atoms with Crippen LogP contribution in [0.1, 0.15) is 46.0 Å². The minimum atomic E-state index is 0.430. The van der Waals surface area contributed by atoms with Crippen molar-refractivity contribution in [1.29, 1.82) is 0 Å². The van der Waals surface area contributed by atoms with Gasteiger partial charge in [0.25, 0.3) is 0 Å². The first-order valence-electron chi connectivity index (χ1n) is 7.46. The molecule has 3 heteroatoms. The molecule has 2 N–H and O–H groups in total. The van der Waals surface area contributed by atoms with E-state index in [1.165, 1.54) is 58.3 Å². The van der Waals surface area contributed by atoms with Gasteiger partial charge in [-0.15, -0.1) is 0 Å². The Kier molecular flexibility index (Phi) is 4.83. The van der Waals surface area contributed by atoms with Crippen molar-refractivity contribution in [3.8, 4) is 0 Å². The molecule has 1 saturated heterocycles. The largest absolute Gasteiger partial charge is 0.326 e. The molecule has 0 amide bonds. The Morgan fingerprint density at radius 3 is 2.35 bits per heavy atom. The number of hydrogen-bond donors (Lipinski definition) is 1. The summed E-state index contributed by atoms with van der Waals surface area (Å²) in [5, 5.41) is 0. The highest BCUT2D eigenvalue weighted by Gasteiger charge is 2.30. The summed E-state index contributed by atoms with van der Waals surface area (Å²) < 4.78 is 0. The molecule has 0 aromatic heterocycles. The molecule has 2 aliphatic rings. The molecule has 0 spiro atoms. The highest BCUT2D eigenvalue weighted by molar-refractivity contribution is 4.88. The fraction of sp³-hybridized carbons (Fsp3) is 1.00. The van der Waals surface area contributed by atoms with E-state index in [2.05, 4.69) is 23.6 Å². The van der Waals surface area contributed by atoms with Gasteiger partial charge in [0.2, 0.25) is 0 Å². The molecular weight excluding hydrogens is 210 g/mol. The minimum Gasteiger partial charge on any atom is -0.326 e. The van der Waals surface area contributed by atoms with Gasteiger partial charge in [-0.3, -0.25) is 9.80 Å². The summed E-state index contributed by atoms with van der Waals surface area (Å²) in [7, 11) is 0. The number of hydrogen-bond acceptors (Lipinski definition) is 3. The summed E-state index contributed by atoms with van der Waals surface area (Å²) in [4.78, 5) is 5.29. The van der Waals surface area contributed by atoms with Crippen molar-refractivity contribution in [2.45, 2.75) is 64.1 Å². The first kappa shape index (κ1) is 13.3. The lowest BCUT2D eigenvalue weighted by atomic mass is 9.89. The lowest BCUT2D eigenvalue weighted by Crippen LogP contribution is -2.57. The molecule has 2 rings (SSSR count). The average Bonchev–Trinajstić information content (AvgIpc) is 2.39. The molecule has 0 aromatic rings. The molecule has 3 nitrogen and oxygen atoms in total. The van der Waals surface area contributed by atoms with Gasteiger partial charge in [-0.1, -0.05) is 19.8 Å². The third kappa shape index (κ3) is 3.21. The number of nitrogens with zero attached hydrogens (tertiary/aromatic N) is 2. The zero-order chi connectivity index (χ0) is 12.3. The molecule has 1 heterocycles. The van der Waals surface area contributed by atoms with Gasteiger partial charge in [0.1, 0.15) is 0 Å². The molecule has 1 saturated carbocycles. The summed E-state index contributed by atoms with van der Waals surface area (Å²) in [5.74, 6) is 0. The highest BCUT2D eigenvalue weighted by atomic mass is 15.3. The van der Waals surface area contributed by atoms with E-state index in [9.17, 15) is 0 Å². The molecule has 3 atom stereocenters. The Hall–Kier alpha value is -0.120. The lowest BCUT2D eigenvalue weighted by molar-refractivity contribution is 0.0521. The lowest BCUT2D eigenvalue weighted by Gasteiger charge is -2.44. The van der Waals surface area contributed by atoms with Crippen LogP contribution in [0.25, 0.3) is 0 Å². The second kappa shape index (κ2) is 6.17. The maximum Gasteiger partial charge on any atom is 0.0248 e. The van der Waals surface area contributed by atoms with Crippen molar-refractivity contribution in [3.63, 3.8) is 0 Å². The van der Waals surface area contributed by atoms with Crippen molar-refractivity contribution in [2.24, 2.45) is 5.73 Å². The molecular formula is C14H29N3. The zero-order valence-corrected chi connectivity index (χ0v) is 11.6. The van der Waals surface area contributed by atoms with Gasteiger partial charge in [0.15, 0.2) is 0 Å². The van der Waals surface area contributed by atoms with Gasteiger partial charge in [0.05, 0.1) is 0 Å². The summed E-state index contributed by atoms with van der Waals surface area (Å²) in [5.41, 5.74) is 6.28. The van der Waals surface area contributed by atoms with E-state index in [-0.39, 0.29) is 0 Å². The van der Waals surface area contributed by atoms with Crippen LogP contribution in [0.5, 0.6) is 0 Å². The SMILES string of the molecule is CCC(C)N1CCN(C2CCCC[C@@H]2N)CC1. The van der Waals surface area contributed by atoms with E-state index in [1.807, 2.05) is 0 Å². The molecule has 1 aliphatic carbocycles. The van der Waals surface area contributed by atoms with Crippen LogP contribution in [0, 0.1) is 0 Å². The summed E-state index contributed by atoms with van der Waals surface area (Å²) in [6, 6.07) is 1.85. The number of rotatable bonds is 3. The second-order valence-electron chi connectivity index (χ2n) is 5.84. The zero-order valence-electron chi connectivity index (χ0n) is 11.6. The van der Waals surface area contributed by atoms with Crippen LogP contribution in [0.4, 0.5) is 0 Å². The topological polar surface area (TPSA) is 32.5 Å². The van der Waals surface area contributed by atoms with Gasteiger partial charge in [-0.2, -0.15) is 0 Å². The molecule has 2 fully saturated rings. The Bertz CT molecular complexity index is 224. The van der Waals surface area contributed by atoms with Crippen LogP contribution < -0.4 is 5.73 Å². The maximum absolute atomic E-state index is 6.28. The van der Waals surface area contributed by atoms with Crippen molar-refractivity contribution in [1.82, 2.24) is 9.80 Å². The van der Waals surface area contributed by atoms with Crippen molar-refractivity contribution in [3.05, 3.63) is 0 Å².